The van der Waals surface area contributed by atoms with Crippen molar-refractivity contribution in [2.75, 3.05) is 5.32 Å². The second-order valence-electron chi connectivity index (χ2n) is 4.54. The third-order valence-electron chi connectivity index (χ3n) is 2.99. The van der Waals surface area contributed by atoms with E-state index in [2.05, 4.69) is 12.2 Å². The normalized spacial score (nSPS) is 10.4. The predicted molar refractivity (Wildman–Crippen MR) is 75.5 cm³/mol. The van der Waals surface area contributed by atoms with Crippen LogP contribution in [0.15, 0.2) is 36.5 Å². The van der Waals surface area contributed by atoms with Crippen molar-refractivity contribution in [2.45, 2.75) is 26.8 Å². The molecular formula is C15H18N2O2. The maximum absolute atomic E-state index is 12.2. The van der Waals surface area contributed by atoms with Gasteiger partial charge >= 0.3 is 0 Å². The lowest BCUT2D eigenvalue weighted by molar-refractivity contribution is 0.101. The van der Waals surface area contributed by atoms with E-state index >= 15 is 0 Å². The molecule has 0 aliphatic rings. The molecule has 0 bridgehead atoms. The lowest BCUT2D eigenvalue weighted by atomic mass is 10.2. The molecule has 1 aromatic carbocycles. The highest BCUT2D eigenvalue weighted by molar-refractivity contribution is 6.03. The lowest BCUT2D eigenvalue weighted by Crippen LogP contribution is -2.16. The summed E-state index contributed by atoms with van der Waals surface area (Å²) in [6, 6.07) is 8.76. The van der Waals surface area contributed by atoms with Crippen molar-refractivity contribution in [2.24, 2.45) is 0 Å². The highest BCUT2D eigenvalue weighted by Crippen LogP contribution is 2.21. The van der Waals surface area contributed by atoms with E-state index in [4.69, 9.17) is 0 Å². The number of aryl methyl sites for hydroxylation is 2. The van der Waals surface area contributed by atoms with Crippen LogP contribution in [-0.4, -0.2) is 15.6 Å². The minimum Gasteiger partial charge on any atom is -0.508 e. The average molecular weight is 258 g/mol. The Kier molecular flexibility index (Phi) is 3.90. The van der Waals surface area contributed by atoms with Crippen molar-refractivity contribution in [1.82, 2.24) is 4.57 Å². The van der Waals surface area contributed by atoms with Gasteiger partial charge in [-0.3, -0.25) is 4.79 Å². The molecule has 1 aromatic heterocycles. The molecule has 2 rings (SSSR count). The number of carbonyl (C=O) groups excluding carboxylic acids is 1. The number of nitrogens with zero attached hydrogens (tertiary/aromatic N) is 1. The van der Waals surface area contributed by atoms with Crippen molar-refractivity contribution in [3.8, 4) is 5.75 Å². The first-order valence-corrected chi connectivity index (χ1v) is 6.38. The van der Waals surface area contributed by atoms with Gasteiger partial charge in [0.25, 0.3) is 5.91 Å². The molecule has 0 radical (unpaired) electrons. The minimum absolute atomic E-state index is 0.165. The number of carbonyl (C=O) groups is 1. The standard InChI is InChI=1S/C15H18N2O2/c1-3-8-17-9-4-5-13(17)15(19)16-12-7-6-11(2)14(18)10-12/h4-7,9-10,18H,3,8H2,1-2H3,(H,16,19). The molecule has 4 nitrogen and oxygen atoms in total. The van der Waals surface area contributed by atoms with Crippen molar-refractivity contribution in [1.29, 1.82) is 0 Å². The van der Waals surface area contributed by atoms with E-state index in [9.17, 15) is 9.90 Å². The van der Waals surface area contributed by atoms with Crippen LogP contribution >= 0.6 is 0 Å². The summed E-state index contributed by atoms with van der Waals surface area (Å²) in [6.07, 6.45) is 2.87. The zero-order chi connectivity index (χ0) is 13.8. The highest BCUT2D eigenvalue weighted by atomic mass is 16.3. The Morgan fingerprint density at radius 1 is 1.37 bits per heavy atom. The third kappa shape index (κ3) is 2.96. The Hall–Kier alpha value is -2.23. The summed E-state index contributed by atoms with van der Waals surface area (Å²) in [4.78, 5) is 12.2. The summed E-state index contributed by atoms with van der Waals surface area (Å²) < 4.78 is 1.92. The van der Waals surface area contributed by atoms with Gasteiger partial charge in [-0.05, 0) is 37.1 Å². The van der Waals surface area contributed by atoms with Gasteiger partial charge < -0.3 is 15.0 Å². The van der Waals surface area contributed by atoms with Crippen molar-refractivity contribution >= 4 is 11.6 Å². The number of benzene rings is 1. The van der Waals surface area contributed by atoms with E-state index in [0.29, 0.717) is 11.4 Å². The second kappa shape index (κ2) is 5.61. The maximum atomic E-state index is 12.2. The Morgan fingerprint density at radius 3 is 2.84 bits per heavy atom. The number of rotatable bonds is 4. The van der Waals surface area contributed by atoms with E-state index in [1.165, 1.54) is 0 Å². The summed E-state index contributed by atoms with van der Waals surface area (Å²) in [5.41, 5.74) is 2.01. The molecule has 0 aliphatic heterocycles. The summed E-state index contributed by atoms with van der Waals surface area (Å²) in [5, 5.41) is 12.4. The van der Waals surface area contributed by atoms with Gasteiger partial charge in [-0.25, -0.2) is 0 Å². The van der Waals surface area contributed by atoms with Crippen LogP contribution in [0.2, 0.25) is 0 Å². The largest absolute Gasteiger partial charge is 0.508 e. The van der Waals surface area contributed by atoms with Gasteiger partial charge in [0.2, 0.25) is 0 Å². The zero-order valence-corrected chi connectivity index (χ0v) is 11.2. The molecule has 100 valence electrons. The molecule has 1 amide bonds. The number of phenolic OH excluding ortho intramolecular Hbond substituents is 1. The van der Waals surface area contributed by atoms with Crippen LogP contribution in [-0.2, 0) is 6.54 Å². The summed E-state index contributed by atoms with van der Waals surface area (Å²) in [6.45, 7) is 4.70. The molecule has 0 saturated heterocycles. The average Bonchev–Trinajstić information content (AvgIpc) is 2.83. The molecular weight excluding hydrogens is 240 g/mol. The number of anilines is 1. The molecule has 0 spiro atoms. The topological polar surface area (TPSA) is 54.3 Å². The monoisotopic (exact) mass is 258 g/mol. The number of hydrogen-bond acceptors (Lipinski definition) is 2. The second-order valence-corrected chi connectivity index (χ2v) is 4.54. The molecule has 0 unspecified atom stereocenters. The van der Waals surface area contributed by atoms with Gasteiger partial charge in [-0.15, -0.1) is 0 Å². The van der Waals surface area contributed by atoms with Crippen LogP contribution in [0.1, 0.15) is 29.4 Å². The number of phenols is 1. The number of nitrogens with one attached hydrogen (secondary N) is 1. The van der Waals surface area contributed by atoms with Crippen LogP contribution in [0.4, 0.5) is 5.69 Å². The first-order valence-electron chi connectivity index (χ1n) is 6.38. The van der Waals surface area contributed by atoms with Crippen LogP contribution in [0.5, 0.6) is 5.75 Å². The van der Waals surface area contributed by atoms with E-state index in [1.54, 1.807) is 24.3 Å². The molecule has 0 fully saturated rings. The van der Waals surface area contributed by atoms with Crippen LogP contribution in [0, 0.1) is 6.92 Å². The van der Waals surface area contributed by atoms with Gasteiger partial charge in [-0.1, -0.05) is 13.0 Å². The van der Waals surface area contributed by atoms with Gasteiger partial charge in [0.1, 0.15) is 11.4 Å². The van der Waals surface area contributed by atoms with Crippen molar-refractivity contribution in [3.63, 3.8) is 0 Å². The zero-order valence-electron chi connectivity index (χ0n) is 11.2. The van der Waals surface area contributed by atoms with Crippen molar-refractivity contribution in [3.05, 3.63) is 47.8 Å². The van der Waals surface area contributed by atoms with E-state index < -0.39 is 0 Å². The first kappa shape index (κ1) is 13.2. The Morgan fingerprint density at radius 2 is 2.16 bits per heavy atom. The lowest BCUT2D eigenvalue weighted by Gasteiger charge is -2.09. The van der Waals surface area contributed by atoms with E-state index in [1.807, 2.05) is 23.8 Å². The number of hydrogen-bond donors (Lipinski definition) is 2. The van der Waals surface area contributed by atoms with Gasteiger partial charge in [-0.2, -0.15) is 0 Å². The quantitative estimate of drug-likeness (QED) is 0.885. The minimum atomic E-state index is -0.165. The molecule has 4 heteroatoms. The molecule has 1 heterocycles. The van der Waals surface area contributed by atoms with Crippen LogP contribution < -0.4 is 5.32 Å². The van der Waals surface area contributed by atoms with E-state index in [-0.39, 0.29) is 11.7 Å². The van der Waals surface area contributed by atoms with Gasteiger partial charge in [0.05, 0.1) is 0 Å². The Labute approximate surface area is 112 Å². The highest BCUT2D eigenvalue weighted by Gasteiger charge is 2.11. The fourth-order valence-corrected chi connectivity index (χ4v) is 1.94. The Balaban J connectivity index is 2.16. The number of aromatic nitrogens is 1. The van der Waals surface area contributed by atoms with E-state index in [0.717, 1.165) is 18.5 Å². The summed E-state index contributed by atoms with van der Waals surface area (Å²) in [5.74, 6) is 0.0171. The van der Waals surface area contributed by atoms with Crippen LogP contribution in [0.25, 0.3) is 0 Å². The maximum Gasteiger partial charge on any atom is 0.272 e. The third-order valence-corrected chi connectivity index (χ3v) is 2.99. The van der Waals surface area contributed by atoms with Gasteiger partial charge in [0, 0.05) is 24.5 Å². The fourth-order valence-electron chi connectivity index (χ4n) is 1.94. The number of amides is 1. The van der Waals surface area contributed by atoms with Crippen molar-refractivity contribution < 1.29 is 9.90 Å². The molecule has 0 saturated carbocycles. The van der Waals surface area contributed by atoms with Crippen LogP contribution in [0.3, 0.4) is 0 Å². The molecule has 0 atom stereocenters. The Bertz CT molecular complexity index is 588. The van der Waals surface area contributed by atoms with Gasteiger partial charge in [0.15, 0.2) is 0 Å². The molecule has 2 N–H and O–H groups in total. The molecule has 2 aromatic rings. The first-order chi connectivity index (χ1) is 9.11. The summed E-state index contributed by atoms with van der Waals surface area (Å²) >= 11 is 0. The molecule has 19 heavy (non-hydrogen) atoms. The smallest absolute Gasteiger partial charge is 0.272 e. The fraction of sp³-hybridized carbons (Fsp3) is 0.267. The summed E-state index contributed by atoms with van der Waals surface area (Å²) in [7, 11) is 0. The predicted octanol–water partition coefficient (Wildman–Crippen LogP) is 3.16. The SMILES string of the molecule is CCCn1cccc1C(=O)Nc1ccc(C)c(O)c1. The number of aromatic hydroxyl groups is 1. The molecule has 0 aliphatic carbocycles.